The standard InChI is InChI=1S/C17H17ClN2O5/c1-9(21)19-13-8-12(20-16(15(13)18)17(22)25-4)11-7-10(23-2)5-6-14(11)24-3/h5-8H,1-4H3,(H,19,20,21). The maximum Gasteiger partial charge on any atom is 0.358 e. The molecule has 2 rings (SSSR count). The summed E-state index contributed by atoms with van der Waals surface area (Å²) in [6, 6.07) is 6.69. The predicted molar refractivity (Wildman–Crippen MR) is 93.4 cm³/mol. The molecule has 2 aromatic rings. The fourth-order valence-electron chi connectivity index (χ4n) is 2.19. The number of rotatable bonds is 5. The van der Waals surface area contributed by atoms with E-state index in [0.29, 0.717) is 22.8 Å². The van der Waals surface area contributed by atoms with E-state index in [1.165, 1.54) is 28.3 Å². The average molecular weight is 365 g/mol. The molecule has 0 aliphatic heterocycles. The number of nitrogens with one attached hydrogen (secondary N) is 1. The van der Waals surface area contributed by atoms with Crippen molar-refractivity contribution in [3.8, 4) is 22.8 Å². The summed E-state index contributed by atoms with van der Waals surface area (Å²) in [5.74, 6) is 0.0289. The Morgan fingerprint density at radius 3 is 2.40 bits per heavy atom. The van der Waals surface area contributed by atoms with E-state index < -0.39 is 5.97 Å². The molecule has 1 aromatic carbocycles. The van der Waals surface area contributed by atoms with Gasteiger partial charge in [-0.15, -0.1) is 0 Å². The fraction of sp³-hybridized carbons (Fsp3) is 0.235. The van der Waals surface area contributed by atoms with Gasteiger partial charge in [0, 0.05) is 12.5 Å². The van der Waals surface area contributed by atoms with Crippen molar-refractivity contribution >= 4 is 29.2 Å². The van der Waals surface area contributed by atoms with E-state index in [4.69, 9.17) is 25.8 Å². The number of halogens is 1. The highest BCUT2D eigenvalue weighted by Crippen LogP contribution is 2.36. The van der Waals surface area contributed by atoms with Crippen molar-refractivity contribution in [2.75, 3.05) is 26.6 Å². The largest absolute Gasteiger partial charge is 0.497 e. The Morgan fingerprint density at radius 1 is 1.12 bits per heavy atom. The first-order chi connectivity index (χ1) is 11.9. The quantitative estimate of drug-likeness (QED) is 0.820. The third kappa shape index (κ3) is 4.00. The smallest absolute Gasteiger partial charge is 0.358 e. The third-order valence-electron chi connectivity index (χ3n) is 3.33. The van der Waals surface area contributed by atoms with E-state index >= 15 is 0 Å². The van der Waals surface area contributed by atoms with Gasteiger partial charge >= 0.3 is 5.97 Å². The number of nitrogens with zero attached hydrogens (tertiary/aromatic N) is 1. The number of aromatic nitrogens is 1. The van der Waals surface area contributed by atoms with Gasteiger partial charge < -0.3 is 19.5 Å². The van der Waals surface area contributed by atoms with Crippen LogP contribution in [0.3, 0.4) is 0 Å². The van der Waals surface area contributed by atoms with Crippen molar-refractivity contribution in [1.29, 1.82) is 0 Å². The molecule has 25 heavy (non-hydrogen) atoms. The monoisotopic (exact) mass is 364 g/mol. The summed E-state index contributed by atoms with van der Waals surface area (Å²) >= 11 is 6.18. The molecule has 0 aliphatic carbocycles. The molecule has 7 nitrogen and oxygen atoms in total. The predicted octanol–water partition coefficient (Wildman–Crippen LogP) is 3.16. The molecule has 8 heteroatoms. The van der Waals surface area contributed by atoms with E-state index in [2.05, 4.69) is 10.3 Å². The van der Waals surface area contributed by atoms with Gasteiger partial charge in [0.2, 0.25) is 5.91 Å². The van der Waals surface area contributed by atoms with Crippen LogP contribution in [-0.2, 0) is 9.53 Å². The normalized spacial score (nSPS) is 10.1. The van der Waals surface area contributed by atoms with Crippen molar-refractivity contribution in [2.24, 2.45) is 0 Å². The molecule has 1 heterocycles. The second-order valence-electron chi connectivity index (χ2n) is 4.96. The summed E-state index contributed by atoms with van der Waals surface area (Å²) in [5.41, 5.74) is 1.05. The molecule has 0 saturated heterocycles. The Hall–Kier alpha value is -2.80. The first kappa shape index (κ1) is 18.5. The van der Waals surface area contributed by atoms with Gasteiger partial charge in [-0.2, -0.15) is 0 Å². The highest BCUT2D eigenvalue weighted by atomic mass is 35.5. The van der Waals surface area contributed by atoms with Crippen LogP contribution in [0.15, 0.2) is 24.3 Å². The highest BCUT2D eigenvalue weighted by Gasteiger charge is 2.21. The zero-order valence-electron chi connectivity index (χ0n) is 14.2. The summed E-state index contributed by atoms with van der Waals surface area (Å²) in [6.45, 7) is 1.33. The lowest BCUT2D eigenvalue weighted by Gasteiger charge is -2.14. The zero-order valence-corrected chi connectivity index (χ0v) is 14.9. The molecule has 0 atom stereocenters. The second kappa shape index (κ2) is 7.85. The molecular weight excluding hydrogens is 348 g/mol. The lowest BCUT2D eigenvalue weighted by Crippen LogP contribution is -2.12. The molecule has 0 radical (unpaired) electrons. The van der Waals surface area contributed by atoms with Crippen LogP contribution in [0.1, 0.15) is 17.4 Å². The Balaban J connectivity index is 2.72. The SMILES string of the molecule is COC(=O)c1nc(-c2cc(OC)ccc2OC)cc(NC(C)=O)c1Cl. The van der Waals surface area contributed by atoms with Gasteiger partial charge in [0.25, 0.3) is 0 Å². The number of carbonyl (C=O) groups is 2. The molecule has 0 bridgehead atoms. The molecular formula is C17H17ClN2O5. The minimum absolute atomic E-state index is 0.00679. The van der Waals surface area contributed by atoms with Crippen LogP contribution < -0.4 is 14.8 Å². The van der Waals surface area contributed by atoms with Gasteiger partial charge in [-0.3, -0.25) is 4.79 Å². The molecule has 1 N–H and O–H groups in total. The van der Waals surface area contributed by atoms with Crippen LogP contribution in [0.2, 0.25) is 5.02 Å². The summed E-state index contributed by atoms with van der Waals surface area (Å²) in [7, 11) is 4.26. The second-order valence-corrected chi connectivity index (χ2v) is 5.33. The van der Waals surface area contributed by atoms with Gasteiger partial charge in [-0.1, -0.05) is 11.6 Å². The first-order valence-corrected chi connectivity index (χ1v) is 7.57. The molecule has 0 fully saturated rings. The maximum absolute atomic E-state index is 12.0. The number of carbonyl (C=O) groups excluding carboxylic acids is 2. The number of methoxy groups -OCH3 is 3. The van der Waals surface area contributed by atoms with Gasteiger partial charge in [0.1, 0.15) is 11.5 Å². The zero-order chi connectivity index (χ0) is 18.6. The minimum atomic E-state index is -0.722. The van der Waals surface area contributed by atoms with Crippen molar-refractivity contribution in [3.63, 3.8) is 0 Å². The lowest BCUT2D eigenvalue weighted by atomic mass is 10.1. The molecule has 1 amide bonds. The number of esters is 1. The number of anilines is 1. The highest BCUT2D eigenvalue weighted by molar-refractivity contribution is 6.36. The molecule has 1 aromatic heterocycles. The Kier molecular flexibility index (Phi) is 5.82. The van der Waals surface area contributed by atoms with Crippen LogP contribution in [0, 0.1) is 0 Å². The van der Waals surface area contributed by atoms with E-state index in [0.717, 1.165) is 0 Å². The number of amides is 1. The number of ether oxygens (including phenoxy) is 3. The summed E-state index contributed by atoms with van der Waals surface area (Å²) in [6.07, 6.45) is 0. The van der Waals surface area contributed by atoms with Crippen molar-refractivity contribution in [1.82, 2.24) is 4.98 Å². The van der Waals surface area contributed by atoms with Crippen molar-refractivity contribution in [2.45, 2.75) is 6.92 Å². The van der Waals surface area contributed by atoms with Crippen molar-refractivity contribution in [3.05, 3.63) is 35.0 Å². The van der Waals surface area contributed by atoms with Crippen LogP contribution in [0.5, 0.6) is 11.5 Å². The summed E-state index contributed by atoms with van der Waals surface area (Å²) in [4.78, 5) is 27.7. The molecule has 0 aliphatic rings. The van der Waals surface area contributed by atoms with Gasteiger partial charge in [0.05, 0.1) is 37.7 Å². The fourth-order valence-corrected chi connectivity index (χ4v) is 2.42. The molecule has 0 saturated carbocycles. The Labute approximate surface area is 149 Å². The third-order valence-corrected chi connectivity index (χ3v) is 3.71. The van der Waals surface area contributed by atoms with E-state index in [9.17, 15) is 9.59 Å². The maximum atomic E-state index is 12.0. The van der Waals surface area contributed by atoms with Crippen LogP contribution in [-0.4, -0.2) is 38.2 Å². The number of benzene rings is 1. The van der Waals surface area contributed by atoms with Crippen LogP contribution in [0.25, 0.3) is 11.3 Å². The first-order valence-electron chi connectivity index (χ1n) is 7.20. The van der Waals surface area contributed by atoms with Crippen molar-refractivity contribution < 1.29 is 23.8 Å². The van der Waals surface area contributed by atoms with Gasteiger partial charge in [-0.05, 0) is 24.3 Å². The molecule has 0 spiro atoms. The minimum Gasteiger partial charge on any atom is -0.497 e. The van der Waals surface area contributed by atoms with Gasteiger partial charge in [0.15, 0.2) is 5.69 Å². The van der Waals surface area contributed by atoms with Crippen LogP contribution >= 0.6 is 11.6 Å². The van der Waals surface area contributed by atoms with Crippen LogP contribution in [0.4, 0.5) is 5.69 Å². The van der Waals surface area contributed by atoms with E-state index in [1.54, 1.807) is 24.3 Å². The number of hydrogen-bond donors (Lipinski definition) is 1. The topological polar surface area (TPSA) is 86.8 Å². The average Bonchev–Trinajstić information content (AvgIpc) is 2.61. The Morgan fingerprint density at radius 2 is 1.84 bits per heavy atom. The Bertz CT molecular complexity index is 823. The molecule has 132 valence electrons. The summed E-state index contributed by atoms with van der Waals surface area (Å²) < 4.78 is 15.3. The van der Waals surface area contributed by atoms with E-state index in [-0.39, 0.29) is 22.3 Å². The van der Waals surface area contributed by atoms with E-state index in [1.807, 2.05) is 0 Å². The summed E-state index contributed by atoms with van der Waals surface area (Å²) in [5, 5.41) is 2.57. The number of pyridine rings is 1. The van der Waals surface area contributed by atoms with Gasteiger partial charge in [-0.25, -0.2) is 9.78 Å². The number of hydrogen-bond acceptors (Lipinski definition) is 6. The molecule has 0 unspecified atom stereocenters. The lowest BCUT2D eigenvalue weighted by molar-refractivity contribution is -0.114.